The zero-order chi connectivity index (χ0) is 16.4. The quantitative estimate of drug-likeness (QED) is 0.554. The van der Waals surface area contributed by atoms with Gasteiger partial charge in [0.1, 0.15) is 11.6 Å². The molecule has 0 radical (unpaired) electrons. The van der Waals surface area contributed by atoms with Gasteiger partial charge in [-0.05, 0) is 42.5 Å². The molecule has 1 aromatic heterocycles. The monoisotopic (exact) mass is 406 g/mol. The summed E-state index contributed by atoms with van der Waals surface area (Å²) < 4.78 is 0.828. The van der Waals surface area contributed by atoms with Crippen LogP contribution in [0.2, 0.25) is 5.02 Å². The Labute approximate surface area is 153 Å². The van der Waals surface area contributed by atoms with Crippen molar-refractivity contribution in [3.63, 3.8) is 0 Å². The number of benzene rings is 2. The van der Waals surface area contributed by atoms with E-state index in [0.717, 1.165) is 10.2 Å². The summed E-state index contributed by atoms with van der Waals surface area (Å²) in [6.45, 7) is 0. The molecule has 0 fully saturated rings. The number of aromatic nitrogens is 2. The van der Waals surface area contributed by atoms with Gasteiger partial charge in [-0.2, -0.15) is 4.98 Å². The lowest BCUT2D eigenvalue weighted by atomic mass is 10.1. The molecular weight excluding hydrogens is 392 g/mol. The number of nitrogen functional groups attached to an aromatic ring is 1. The van der Waals surface area contributed by atoms with E-state index in [2.05, 4.69) is 31.2 Å². The standard InChI is InChI=1S/C16H12BrClN4O.CH4/c17-9-1-6-14(23)12(7-9)13-8-15(22-16(19)21-13)20-11-4-2-10(18)3-5-11;/h1-8,23H,(H3,19,20,21,22);1H4. The molecule has 1 heterocycles. The highest BCUT2D eigenvalue weighted by atomic mass is 79.9. The van der Waals surface area contributed by atoms with Crippen LogP contribution in [0.1, 0.15) is 7.43 Å². The molecule has 0 aliphatic rings. The maximum absolute atomic E-state index is 10.0. The second-order valence-corrected chi connectivity index (χ2v) is 6.14. The van der Waals surface area contributed by atoms with Crippen molar-refractivity contribution < 1.29 is 5.11 Å². The second-order valence-electron chi connectivity index (χ2n) is 4.79. The number of hydrogen-bond acceptors (Lipinski definition) is 5. The average Bonchev–Trinajstić information content (AvgIpc) is 2.51. The molecule has 0 saturated heterocycles. The zero-order valence-corrected chi connectivity index (χ0v) is 14.1. The minimum Gasteiger partial charge on any atom is -0.507 e. The highest BCUT2D eigenvalue weighted by molar-refractivity contribution is 9.10. The number of nitrogens with zero attached hydrogens (tertiary/aromatic N) is 2. The van der Waals surface area contributed by atoms with Gasteiger partial charge in [0.2, 0.25) is 5.95 Å². The van der Waals surface area contributed by atoms with Crippen molar-refractivity contribution in [1.29, 1.82) is 0 Å². The van der Waals surface area contributed by atoms with E-state index < -0.39 is 0 Å². The first kappa shape index (κ1) is 18.0. The maximum Gasteiger partial charge on any atom is 0.222 e. The first-order valence-corrected chi connectivity index (χ1v) is 7.84. The van der Waals surface area contributed by atoms with Gasteiger partial charge >= 0.3 is 0 Å². The van der Waals surface area contributed by atoms with E-state index in [-0.39, 0.29) is 19.1 Å². The van der Waals surface area contributed by atoms with E-state index in [1.54, 1.807) is 36.4 Å². The van der Waals surface area contributed by atoms with Crippen molar-refractivity contribution in [2.24, 2.45) is 0 Å². The summed E-state index contributed by atoms with van der Waals surface area (Å²) in [5, 5.41) is 13.8. The van der Waals surface area contributed by atoms with E-state index in [0.29, 0.717) is 22.1 Å². The third-order valence-corrected chi connectivity index (χ3v) is 3.84. The number of nitrogens with two attached hydrogens (primary N) is 1. The molecule has 4 N–H and O–H groups in total. The number of anilines is 3. The summed E-state index contributed by atoms with van der Waals surface area (Å²) >= 11 is 9.25. The fourth-order valence-electron chi connectivity index (χ4n) is 2.06. The normalized spacial score (nSPS) is 10.1. The fraction of sp³-hybridized carbons (Fsp3) is 0.0588. The van der Waals surface area contributed by atoms with Crippen LogP contribution in [0, 0.1) is 0 Å². The van der Waals surface area contributed by atoms with Crippen LogP contribution < -0.4 is 11.1 Å². The Morgan fingerprint density at radius 3 is 2.46 bits per heavy atom. The summed E-state index contributed by atoms with van der Waals surface area (Å²) in [5.41, 5.74) is 7.69. The van der Waals surface area contributed by atoms with Crippen LogP contribution in [0.4, 0.5) is 17.5 Å². The van der Waals surface area contributed by atoms with Crippen molar-refractivity contribution >= 4 is 45.0 Å². The second kappa shape index (κ2) is 7.51. The summed E-state index contributed by atoms with van der Waals surface area (Å²) in [5.74, 6) is 0.747. The zero-order valence-electron chi connectivity index (χ0n) is 11.8. The van der Waals surface area contributed by atoms with E-state index in [4.69, 9.17) is 17.3 Å². The van der Waals surface area contributed by atoms with Gasteiger partial charge in [-0.3, -0.25) is 0 Å². The minimum absolute atomic E-state index is 0. The predicted octanol–water partition coefficient (Wildman–Crippen LogP) is 5.23. The number of phenols is 1. The molecule has 0 bridgehead atoms. The van der Waals surface area contributed by atoms with E-state index in [1.165, 1.54) is 0 Å². The average molecular weight is 408 g/mol. The van der Waals surface area contributed by atoms with Gasteiger partial charge in [-0.15, -0.1) is 0 Å². The summed E-state index contributed by atoms with van der Waals surface area (Å²) in [4.78, 5) is 8.34. The highest BCUT2D eigenvalue weighted by Crippen LogP contribution is 2.32. The molecule has 0 amide bonds. The molecule has 24 heavy (non-hydrogen) atoms. The molecule has 3 rings (SSSR count). The first-order valence-electron chi connectivity index (χ1n) is 6.67. The van der Waals surface area contributed by atoms with Crippen LogP contribution in [0.15, 0.2) is 53.0 Å². The minimum atomic E-state index is 0. The number of hydrogen-bond donors (Lipinski definition) is 3. The Kier molecular flexibility index (Phi) is 5.64. The van der Waals surface area contributed by atoms with Gasteiger partial charge in [-0.1, -0.05) is 35.0 Å². The third kappa shape index (κ3) is 4.15. The molecular formula is C17H16BrClN4O. The van der Waals surface area contributed by atoms with Crippen LogP contribution in [0.25, 0.3) is 11.3 Å². The highest BCUT2D eigenvalue weighted by Gasteiger charge is 2.10. The molecule has 0 spiro atoms. The third-order valence-electron chi connectivity index (χ3n) is 3.09. The van der Waals surface area contributed by atoms with Crippen LogP contribution in [-0.4, -0.2) is 15.1 Å². The number of halogens is 2. The molecule has 2 aromatic carbocycles. The molecule has 124 valence electrons. The Balaban J connectivity index is 0.00000208. The lowest BCUT2D eigenvalue weighted by Crippen LogP contribution is -2.01. The van der Waals surface area contributed by atoms with Gasteiger partial charge in [0.15, 0.2) is 0 Å². The SMILES string of the molecule is C.Nc1nc(Nc2ccc(Cl)cc2)cc(-c2cc(Br)ccc2O)n1. The summed E-state index contributed by atoms with van der Waals surface area (Å²) in [6, 6.07) is 14.0. The smallest absolute Gasteiger partial charge is 0.222 e. The summed E-state index contributed by atoms with van der Waals surface area (Å²) in [6.07, 6.45) is 0. The number of rotatable bonds is 3. The van der Waals surface area contributed by atoms with Gasteiger partial charge in [0.05, 0.1) is 5.69 Å². The fourth-order valence-corrected chi connectivity index (χ4v) is 2.55. The Bertz CT molecular complexity index is 856. The molecule has 0 aliphatic carbocycles. The van der Waals surface area contributed by atoms with Crippen LogP contribution in [0.5, 0.6) is 5.75 Å². The first-order chi connectivity index (χ1) is 11.0. The van der Waals surface area contributed by atoms with Gasteiger partial charge < -0.3 is 16.2 Å². The molecule has 0 unspecified atom stereocenters. The van der Waals surface area contributed by atoms with E-state index >= 15 is 0 Å². The lowest BCUT2D eigenvalue weighted by molar-refractivity contribution is 0.477. The molecule has 3 aromatic rings. The van der Waals surface area contributed by atoms with Gasteiger partial charge in [0.25, 0.3) is 0 Å². The number of nitrogens with one attached hydrogen (secondary N) is 1. The van der Waals surface area contributed by atoms with Crippen LogP contribution in [-0.2, 0) is 0 Å². The van der Waals surface area contributed by atoms with Crippen LogP contribution >= 0.6 is 27.5 Å². The molecule has 0 atom stereocenters. The van der Waals surface area contributed by atoms with Crippen molar-refractivity contribution in [2.75, 3.05) is 11.1 Å². The van der Waals surface area contributed by atoms with E-state index in [9.17, 15) is 5.11 Å². The number of aromatic hydroxyl groups is 1. The molecule has 0 saturated carbocycles. The van der Waals surface area contributed by atoms with Gasteiger partial charge in [0, 0.05) is 26.8 Å². The largest absolute Gasteiger partial charge is 0.507 e. The van der Waals surface area contributed by atoms with Crippen molar-refractivity contribution in [1.82, 2.24) is 9.97 Å². The molecule has 5 nitrogen and oxygen atoms in total. The van der Waals surface area contributed by atoms with E-state index in [1.807, 2.05) is 12.1 Å². The number of phenolic OH excluding ortho intramolecular Hbond substituents is 1. The van der Waals surface area contributed by atoms with Crippen molar-refractivity contribution in [2.45, 2.75) is 7.43 Å². The topological polar surface area (TPSA) is 84.1 Å². The summed E-state index contributed by atoms with van der Waals surface area (Å²) in [7, 11) is 0. The predicted molar refractivity (Wildman–Crippen MR) is 103 cm³/mol. The van der Waals surface area contributed by atoms with Crippen molar-refractivity contribution in [3.8, 4) is 17.0 Å². The molecule has 0 aliphatic heterocycles. The van der Waals surface area contributed by atoms with Gasteiger partial charge in [-0.25, -0.2) is 4.98 Å². The van der Waals surface area contributed by atoms with Crippen molar-refractivity contribution in [3.05, 3.63) is 58.0 Å². The van der Waals surface area contributed by atoms with Crippen LogP contribution in [0.3, 0.4) is 0 Å². The Morgan fingerprint density at radius 2 is 1.75 bits per heavy atom. The lowest BCUT2D eigenvalue weighted by Gasteiger charge is -2.10. The Morgan fingerprint density at radius 1 is 1.04 bits per heavy atom. The Hall–Kier alpha value is -2.31. The molecule has 7 heteroatoms. The maximum atomic E-state index is 10.0.